The summed E-state index contributed by atoms with van der Waals surface area (Å²) < 4.78 is 0. The van der Waals surface area contributed by atoms with Gasteiger partial charge in [-0.25, -0.2) is 4.79 Å². The van der Waals surface area contributed by atoms with Gasteiger partial charge >= 0.3 is 6.03 Å². The standard InChI is InChI=1S/C19H27N3O2S/c1-14(2)20-19(24)22-9-4-8-21(10-11-22)18(23)16-6-7-17-15(13-16)5-3-12-25-17/h6-7,13-14H,3-5,8-12H2,1-2H3,(H,20,24). The van der Waals surface area contributed by atoms with E-state index in [9.17, 15) is 9.59 Å². The summed E-state index contributed by atoms with van der Waals surface area (Å²) in [6, 6.07) is 6.20. The van der Waals surface area contributed by atoms with E-state index in [-0.39, 0.29) is 18.0 Å². The van der Waals surface area contributed by atoms with Gasteiger partial charge in [0.05, 0.1) is 0 Å². The number of carbonyl (C=O) groups is 2. The van der Waals surface area contributed by atoms with Crippen LogP contribution in [-0.4, -0.2) is 59.7 Å². The number of nitrogens with one attached hydrogen (secondary N) is 1. The van der Waals surface area contributed by atoms with Gasteiger partial charge < -0.3 is 15.1 Å². The summed E-state index contributed by atoms with van der Waals surface area (Å²) in [5, 5.41) is 2.93. The van der Waals surface area contributed by atoms with Crippen molar-refractivity contribution in [3.8, 4) is 0 Å². The Morgan fingerprint density at radius 2 is 1.84 bits per heavy atom. The number of carbonyl (C=O) groups excluding carboxylic acids is 2. The molecule has 0 unspecified atom stereocenters. The van der Waals surface area contributed by atoms with Crippen molar-refractivity contribution in [1.29, 1.82) is 0 Å². The van der Waals surface area contributed by atoms with Crippen LogP contribution < -0.4 is 5.32 Å². The van der Waals surface area contributed by atoms with Crippen molar-refractivity contribution in [1.82, 2.24) is 15.1 Å². The zero-order valence-electron chi connectivity index (χ0n) is 15.1. The number of hydrogen-bond donors (Lipinski definition) is 1. The zero-order chi connectivity index (χ0) is 17.8. The highest BCUT2D eigenvalue weighted by molar-refractivity contribution is 7.99. The van der Waals surface area contributed by atoms with Crippen LogP contribution in [0.15, 0.2) is 23.1 Å². The lowest BCUT2D eigenvalue weighted by molar-refractivity contribution is 0.0762. The molecule has 2 aliphatic rings. The average molecular weight is 362 g/mol. The predicted molar refractivity (Wildman–Crippen MR) is 101 cm³/mol. The molecule has 0 radical (unpaired) electrons. The highest BCUT2D eigenvalue weighted by Crippen LogP contribution is 2.30. The highest BCUT2D eigenvalue weighted by Gasteiger charge is 2.23. The molecular formula is C19H27N3O2S. The fraction of sp³-hybridized carbons (Fsp3) is 0.579. The predicted octanol–water partition coefficient (Wildman–Crippen LogP) is 2.99. The van der Waals surface area contributed by atoms with Gasteiger partial charge in [-0.3, -0.25) is 4.79 Å². The molecule has 5 nitrogen and oxygen atoms in total. The summed E-state index contributed by atoms with van der Waals surface area (Å²) in [6.45, 7) is 6.50. The largest absolute Gasteiger partial charge is 0.337 e. The third-order valence-electron chi connectivity index (χ3n) is 4.64. The van der Waals surface area contributed by atoms with Gasteiger partial charge in [0.15, 0.2) is 0 Å². The Balaban J connectivity index is 1.64. The Kier molecular flexibility index (Phi) is 5.89. The number of fused-ring (bicyclic) bond motifs is 1. The summed E-state index contributed by atoms with van der Waals surface area (Å²) in [5.74, 6) is 1.25. The lowest BCUT2D eigenvalue weighted by Gasteiger charge is -2.24. The molecule has 0 saturated carbocycles. The summed E-state index contributed by atoms with van der Waals surface area (Å²) >= 11 is 1.88. The first-order valence-electron chi connectivity index (χ1n) is 9.15. The van der Waals surface area contributed by atoms with Crippen LogP contribution in [0.5, 0.6) is 0 Å². The second-order valence-electron chi connectivity index (χ2n) is 7.01. The van der Waals surface area contributed by atoms with Crippen molar-refractivity contribution in [2.75, 3.05) is 31.9 Å². The molecule has 6 heteroatoms. The lowest BCUT2D eigenvalue weighted by atomic mass is 10.1. The Morgan fingerprint density at radius 3 is 2.64 bits per heavy atom. The number of thioether (sulfide) groups is 1. The summed E-state index contributed by atoms with van der Waals surface area (Å²) in [4.78, 5) is 30.1. The lowest BCUT2D eigenvalue weighted by Crippen LogP contribution is -2.44. The quantitative estimate of drug-likeness (QED) is 0.881. The van der Waals surface area contributed by atoms with E-state index in [2.05, 4.69) is 17.4 Å². The first-order chi connectivity index (χ1) is 12.0. The first kappa shape index (κ1) is 18.1. The maximum absolute atomic E-state index is 12.9. The number of nitrogens with zero attached hydrogens (tertiary/aromatic N) is 2. The smallest absolute Gasteiger partial charge is 0.317 e. The van der Waals surface area contributed by atoms with Crippen molar-refractivity contribution in [2.45, 2.75) is 44.0 Å². The van der Waals surface area contributed by atoms with Gasteiger partial charge in [-0.1, -0.05) is 0 Å². The van der Waals surface area contributed by atoms with Crippen LogP contribution in [0.3, 0.4) is 0 Å². The van der Waals surface area contributed by atoms with Crippen molar-refractivity contribution in [3.05, 3.63) is 29.3 Å². The molecule has 3 rings (SSSR count). The molecule has 1 N–H and O–H groups in total. The maximum Gasteiger partial charge on any atom is 0.317 e. The van der Waals surface area contributed by atoms with Crippen LogP contribution in [0.4, 0.5) is 4.79 Å². The van der Waals surface area contributed by atoms with Crippen LogP contribution in [0, 0.1) is 0 Å². The van der Waals surface area contributed by atoms with E-state index in [1.165, 1.54) is 22.6 Å². The summed E-state index contributed by atoms with van der Waals surface area (Å²) in [6.07, 6.45) is 3.06. The van der Waals surface area contributed by atoms with Crippen molar-refractivity contribution in [2.24, 2.45) is 0 Å². The molecule has 0 spiro atoms. The molecule has 1 aromatic carbocycles. The topological polar surface area (TPSA) is 52.7 Å². The number of rotatable bonds is 2. The van der Waals surface area contributed by atoms with Gasteiger partial charge in [0.25, 0.3) is 5.91 Å². The second kappa shape index (κ2) is 8.13. The fourth-order valence-corrected chi connectivity index (χ4v) is 4.36. The second-order valence-corrected chi connectivity index (χ2v) is 8.15. The van der Waals surface area contributed by atoms with Crippen molar-refractivity contribution in [3.63, 3.8) is 0 Å². The molecule has 25 heavy (non-hydrogen) atoms. The zero-order valence-corrected chi connectivity index (χ0v) is 15.9. The summed E-state index contributed by atoms with van der Waals surface area (Å²) in [5.41, 5.74) is 2.08. The third kappa shape index (κ3) is 4.48. The summed E-state index contributed by atoms with van der Waals surface area (Å²) in [7, 11) is 0. The van der Waals surface area contributed by atoms with E-state index >= 15 is 0 Å². The van der Waals surface area contributed by atoms with Gasteiger partial charge in [-0.15, -0.1) is 11.8 Å². The van der Waals surface area contributed by atoms with Gasteiger partial charge in [0.2, 0.25) is 0 Å². The molecule has 0 bridgehead atoms. The minimum atomic E-state index is -0.0323. The maximum atomic E-state index is 12.9. The molecular weight excluding hydrogens is 334 g/mol. The van der Waals surface area contributed by atoms with Gasteiger partial charge in [-0.05, 0) is 62.6 Å². The molecule has 1 saturated heterocycles. The van der Waals surface area contributed by atoms with E-state index < -0.39 is 0 Å². The van der Waals surface area contributed by atoms with Crippen LogP contribution in [0.1, 0.15) is 42.6 Å². The minimum Gasteiger partial charge on any atom is -0.337 e. The van der Waals surface area contributed by atoms with Crippen molar-refractivity contribution >= 4 is 23.7 Å². The Hall–Kier alpha value is -1.69. The monoisotopic (exact) mass is 361 g/mol. The molecule has 2 heterocycles. The van der Waals surface area contributed by atoms with E-state index in [1.54, 1.807) is 0 Å². The minimum absolute atomic E-state index is 0.0323. The number of aryl methyl sites for hydroxylation is 1. The number of urea groups is 1. The van der Waals surface area contributed by atoms with Crippen LogP contribution in [0.2, 0.25) is 0 Å². The first-order valence-corrected chi connectivity index (χ1v) is 10.1. The fourth-order valence-electron chi connectivity index (χ4n) is 3.34. The highest BCUT2D eigenvalue weighted by atomic mass is 32.2. The van der Waals surface area contributed by atoms with Crippen LogP contribution in [0.25, 0.3) is 0 Å². The number of hydrogen-bond acceptors (Lipinski definition) is 3. The normalized spacial score (nSPS) is 17.9. The molecule has 2 aliphatic heterocycles. The number of amides is 3. The molecule has 3 amide bonds. The molecule has 1 aromatic rings. The molecule has 0 aliphatic carbocycles. The van der Waals surface area contributed by atoms with E-state index in [0.29, 0.717) is 26.2 Å². The molecule has 0 aromatic heterocycles. The van der Waals surface area contributed by atoms with E-state index in [0.717, 1.165) is 18.4 Å². The van der Waals surface area contributed by atoms with Crippen LogP contribution >= 0.6 is 11.8 Å². The van der Waals surface area contributed by atoms with Gasteiger partial charge in [-0.2, -0.15) is 0 Å². The van der Waals surface area contributed by atoms with E-state index in [1.807, 2.05) is 41.5 Å². The molecule has 1 fully saturated rings. The SMILES string of the molecule is CC(C)NC(=O)N1CCCN(C(=O)c2ccc3c(c2)CCCS3)CC1. The Labute approximate surface area is 154 Å². The molecule has 136 valence electrons. The van der Waals surface area contributed by atoms with Gasteiger partial charge in [0.1, 0.15) is 0 Å². The average Bonchev–Trinajstić information content (AvgIpc) is 2.86. The molecule has 0 atom stereocenters. The van der Waals surface area contributed by atoms with Crippen LogP contribution in [-0.2, 0) is 6.42 Å². The Bertz CT molecular complexity index is 648. The van der Waals surface area contributed by atoms with E-state index in [4.69, 9.17) is 0 Å². The number of benzene rings is 1. The van der Waals surface area contributed by atoms with Gasteiger partial charge in [0, 0.05) is 42.7 Å². The third-order valence-corrected chi connectivity index (χ3v) is 5.84. The van der Waals surface area contributed by atoms with Crippen molar-refractivity contribution < 1.29 is 9.59 Å². The Morgan fingerprint density at radius 1 is 1.08 bits per heavy atom.